The van der Waals surface area contributed by atoms with E-state index in [9.17, 15) is 72.9 Å². The molecule has 0 radical (unpaired) electrons. The number of aromatic hydroxyl groups is 2. The van der Waals surface area contributed by atoms with Crippen molar-refractivity contribution in [2.45, 2.75) is 76.7 Å². The van der Waals surface area contributed by atoms with Gasteiger partial charge in [0.05, 0.1) is 42.2 Å². The normalized spacial score (nSPS) is 22.8. The van der Waals surface area contributed by atoms with Gasteiger partial charge < -0.3 is 75.0 Å². The van der Waals surface area contributed by atoms with E-state index in [0.717, 1.165) is 23.3 Å². The van der Waals surface area contributed by atoms with E-state index in [-0.39, 0.29) is 77.1 Å². The highest BCUT2D eigenvalue weighted by atomic mass is 32.2. The van der Waals surface area contributed by atoms with E-state index in [4.69, 9.17) is 33.4 Å². The lowest BCUT2D eigenvalue weighted by atomic mass is 9.87. The zero-order valence-electron chi connectivity index (χ0n) is 37.0. The Morgan fingerprint density at radius 1 is 1.04 bits per heavy atom. The van der Waals surface area contributed by atoms with E-state index in [1.165, 1.54) is 21.0 Å². The van der Waals surface area contributed by atoms with E-state index >= 15 is 0 Å². The zero-order chi connectivity index (χ0) is 51.7. The van der Waals surface area contributed by atoms with Crippen molar-refractivity contribution >= 4 is 80.1 Å². The summed E-state index contributed by atoms with van der Waals surface area (Å²) in [6.07, 6.45) is -8.66. The molecule has 2 aliphatic rings. The number of phosphoric ester groups is 3. The van der Waals surface area contributed by atoms with Crippen LogP contribution in [-0.2, 0) is 61.8 Å². The smallest absolute Gasteiger partial charge is 0.481 e. The quantitative estimate of drug-likeness (QED) is 0.0299. The molecule has 12 N–H and O–H groups in total. The minimum absolute atomic E-state index is 0.00137. The number of phenolic OH excluding ortho intramolecular Hbond substituents is 2. The van der Waals surface area contributed by atoms with Crippen LogP contribution in [0.4, 0.5) is 5.82 Å². The molecule has 0 bridgehead atoms. The average molecular weight is 1070 g/mol. The largest absolute Gasteiger partial charge is 0.504 e. The van der Waals surface area contributed by atoms with Gasteiger partial charge in [-0.2, -0.15) is 4.31 Å². The van der Waals surface area contributed by atoms with Crippen molar-refractivity contribution in [1.82, 2.24) is 30.2 Å². The van der Waals surface area contributed by atoms with Crippen molar-refractivity contribution in [3.63, 3.8) is 0 Å². The van der Waals surface area contributed by atoms with Crippen molar-refractivity contribution in [3.05, 3.63) is 45.8 Å². The number of aliphatic hydroxyl groups is 2. The summed E-state index contributed by atoms with van der Waals surface area (Å²) in [5.74, 6) is -3.19. The fourth-order valence-electron chi connectivity index (χ4n) is 7.09. The molecule has 386 valence electrons. The van der Waals surface area contributed by atoms with Gasteiger partial charge in [0.1, 0.15) is 47.6 Å². The van der Waals surface area contributed by atoms with Crippen LogP contribution in [0.1, 0.15) is 61.4 Å². The van der Waals surface area contributed by atoms with E-state index in [2.05, 4.69) is 34.4 Å². The monoisotopic (exact) mass is 1070 g/mol. The van der Waals surface area contributed by atoms with Crippen LogP contribution in [0.5, 0.6) is 11.5 Å². The van der Waals surface area contributed by atoms with Crippen LogP contribution in [0.25, 0.3) is 22.1 Å². The summed E-state index contributed by atoms with van der Waals surface area (Å²) in [7, 11) is -15.3. The van der Waals surface area contributed by atoms with Crippen molar-refractivity contribution in [2.75, 3.05) is 44.9 Å². The molecular weight excluding hydrogens is 1020 g/mol. The van der Waals surface area contributed by atoms with E-state index in [1.54, 1.807) is 6.92 Å². The number of nitrogens with one attached hydrogen (secondary N) is 2. The summed E-state index contributed by atoms with van der Waals surface area (Å²) >= 11 is 0.600. The summed E-state index contributed by atoms with van der Waals surface area (Å²) in [5.41, 5.74) is 2.74. The Morgan fingerprint density at radius 3 is 2.43 bits per heavy atom. The third-order valence-electron chi connectivity index (χ3n) is 10.5. The SMILES string of the molecule is COC1OC(C)Cc2oc3cc(O)c(O)c(C(=O)SCCNC(=O)CCNC(=O)C(O)C(C)(C)COP(=O)(O)OP(=O)(O)OCC4OC(n5cnc6c(N)ncnc65)C(O)C4OP(=O)(O)O)c3c(=O)c21. The molecule has 3 aromatic heterocycles. The standard InChI is InChI=1S/C36H48N7O23P3S/c1-15-9-17-22(35(59-4)62-15)26(47)21-18(63-17)10-16(44)25(46)23(21)34(51)70-8-7-38-20(45)5-6-39-32(50)29(49)36(2,3)12-61-69(57,58)66-68(55,56)60-11-19-28(65-67(52,53)54)27(48)33(64-19)43-14-42-24-30(37)40-13-41-31(24)43/h10,13-15,19,27-29,33,35,44,46,48-49H,5-9,11-12H2,1-4H3,(H,38,45)(H,39,50)(H,55,56)(H,57,58)(H2,37,40,41)(H2,52,53,54). The molecule has 2 amide bonds. The van der Waals surface area contributed by atoms with Crippen LogP contribution in [-0.4, -0.2) is 146 Å². The third-order valence-corrected chi connectivity index (χ3v) is 14.4. The summed E-state index contributed by atoms with van der Waals surface area (Å²) in [4.78, 5) is 103. The van der Waals surface area contributed by atoms with Gasteiger partial charge in [0.15, 0.2) is 35.5 Å². The molecule has 1 aromatic carbocycles. The number of ether oxygens (including phenoxy) is 3. The van der Waals surface area contributed by atoms with Gasteiger partial charge in [0.25, 0.3) is 0 Å². The highest BCUT2D eigenvalue weighted by Crippen LogP contribution is 2.61. The first-order valence-electron chi connectivity index (χ1n) is 20.4. The minimum atomic E-state index is -5.64. The highest BCUT2D eigenvalue weighted by molar-refractivity contribution is 8.14. The summed E-state index contributed by atoms with van der Waals surface area (Å²) in [5, 5.41) is 46.3. The summed E-state index contributed by atoms with van der Waals surface area (Å²) in [6.45, 7) is 1.55. The van der Waals surface area contributed by atoms with Gasteiger partial charge in [0.2, 0.25) is 22.4 Å². The Balaban J connectivity index is 0.947. The Morgan fingerprint density at radius 2 is 1.74 bits per heavy atom. The molecule has 0 saturated carbocycles. The first-order valence-corrected chi connectivity index (χ1v) is 25.9. The molecule has 1 fully saturated rings. The third kappa shape index (κ3) is 12.8. The van der Waals surface area contributed by atoms with E-state index < -0.39 is 118 Å². The molecule has 34 heteroatoms. The predicted octanol–water partition coefficient (Wildman–Crippen LogP) is 0.102. The van der Waals surface area contributed by atoms with Crippen LogP contribution in [0.15, 0.2) is 27.9 Å². The maximum atomic E-state index is 13.6. The van der Waals surface area contributed by atoms with Crippen molar-refractivity contribution in [3.8, 4) is 11.5 Å². The van der Waals surface area contributed by atoms with Crippen LogP contribution < -0.4 is 21.8 Å². The van der Waals surface area contributed by atoms with Crippen LogP contribution in [0.3, 0.4) is 0 Å². The topological polar surface area (TPSA) is 453 Å². The number of carbonyl (C=O) groups is 3. The number of aliphatic hydroxyl groups excluding tert-OH is 2. The number of nitrogen functional groups attached to an aromatic ring is 1. The van der Waals surface area contributed by atoms with Gasteiger partial charge in [-0.25, -0.2) is 28.6 Å². The van der Waals surface area contributed by atoms with Gasteiger partial charge in [-0.05, 0) is 6.92 Å². The number of nitrogens with zero attached hydrogens (tertiary/aromatic N) is 4. The zero-order valence-corrected chi connectivity index (χ0v) is 40.5. The lowest BCUT2D eigenvalue weighted by molar-refractivity contribution is -0.166. The molecule has 1 saturated heterocycles. The number of aromatic nitrogens is 4. The van der Waals surface area contributed by atoms with Gasteiger partial charge >= 0.3 is 23.5 Å². The number of hydrogen-bond acceptors (Lipinski definition) is 24. The molecule has 2 aliphatic heterocycles. The number of phosphoric acid groups is 3. The molecule has 0 spiro atoms. The molecular formula is C36H48N7O23P3S. The molecule has 70 heavy (non-hydrogen) atoms. The van der Waals surface area contributed by atoms with Crippen LogP contribution in [0.2, 0.25) is 0 Å². The lowest BCUT2D eigenvalue weighted by Crippen LogP contribution is -2.46. The molecule has 0 aliphatic carbocycles. The first-order chi connectivity index (χ1) is 32.6. The number of fused-ring (bicyclic) bond motifs is 3. The number of carbonyl (C=O) groups excluding carboxylic acids is 3. The molecule has 9 unspecified atom stereocenters. The van der Waals surface area contributed by atoms with Gasteiger partial charge in [0, 0.05) is 50.3 Å². The number of imidazole rings is 1. The average Bonchev–Trinajstić information content (AvgIpc) is 3.83. The fraction of sp³-hybridized carbons (Fsp3) is 0.528. The minimum Gasteiger partial charge on any atom is -0.504 e. The number of thioether (sulfide) groups is 1. The lowest BCUT2D eigenvalue weighted by Gasteiger charge is -2.30. The molecule has 5 heterocycles. The summed E-state index contributed by atoms with van der Waals surface area (Å²) < 4.78 is 79.2. The second kappa shape index (κ2) is 21.7. The molecule has 9 atom stereocenters. The van der Waals surface area contributed by atoms with Gasteiger partial charge in [-0.15, -0.1) is 0 Å². The van der Waals surface area contributed by atoms with Crippen molar-refractivity contribution in [2.24, 2.45) is 5.41 Å². The number of anilines is 1. The Labute approximate surface area is 398 Å². The summed E-state index contributed by atoms with van der Waals surface area (Å²) in [6, 6.07) is 1.01. The molecule has 4 aromatic rings. The van der Waals surface area contributed by atoms with E-state index in [1.807, 2.05) is 0 Å². The first kappa shape index (κ1) is 54.8. The number of phenols is 2. The molecule has 6 rings (SSSR count). The maximum absolute atomic E-state index is 13.6. The van der Waals surface area contributed by atoms with Crippen LogP contribution >= 0.6 is 35.2 Å². The predicted molar refractivity (Wildman–Crippen MR) is 236 cm³/mol. The number of methoxy groups -OCH3 is 1. The van der Waals surface area contributed by atoms with Crippen molar-refractivity contribution < 1.29 is 105 Å². The number of hydrogen-bond donors (Lipinski definition) is 11. The highest BCUT2D eigenvalue weighted by Gasteiger charge is 2.50. The fourth-order valence-corrected chi connectivity index (χ4v) is 10.6. The second-order valence-electron chi connectivity index (χ2n) is 16.2. The number of amides is 2. The number of nitrogens with two attached hydrogens (primary N) is 1. The van der Waals surface area contributed by atoms with E-state index in [0.29, 0.717) is 11.8 Å². The van der Waals surface area contributed by atoms with Crippen molar-refractivity contribution in [1.29, 1.82) is 0 Å². The van der Waals surface area contributed by atoms with Crippen LogP contribution in [0, 0.1) is 5.41 Å². The maximum Gasteiger partial charge on any atom is 0.481 e. The Hall–Kier alpha value is -4.49. The molecule has 30 nitrogen and oxygen atoms in total. The number of rotatable bonds is 21. The van der Waals surface area contributed by atoms with Gasteiger partial charge in [-0.3, -0.25) is 37.3 Å². The van der Waals surface area contributed by atoms with Gasteiger partial charge in [-0.1, -0.05) is 25.6 Å². The second-order valence-corrected chi connectivity index (χ2v) is 21.5. The Kier molecular flexibility index (Phi) is 17.0. The Bertz CT molecular complexity index is 2840. The number of benzene rings is 1.